The van der Waals surface area contributed by atoms with Gasteiger partial charge in [0.2, 0.25) is 0 Å². The Hall–Kier alpha value is -2.43. The van der Waals surface area contributed by atoms with Gasteiger partial charge in [-0.2, -0.15) is 0 Å². The minimum atomic E-state index is -0.273. The topological polar surface area (TPSA) is 40.5 Å². The molecular formula is C23H23Cl2NO3. The summed E-state index contributed by atoms with van der Waals surface area (Å²) in [6, 6.07) is 17.1. The van der Waals surface area contributed by atoms with E-state index in [0.717, 1.165) is 11.3 Å². The first-order valence-corrected chi connectivity index (χ1v) is 10.2. The van der Waals surface area contributed by atoms with Gasteiger partial charge in [0.1, 0.15) is 23.1 Å². The standard InChI is InChI=1S/C23H23Cl2NO3/c1-3-28-18-5-4-6-19(13-18)29-15-22-20(24)14-21(25)23(27)26(22)12-11-17-9-7-16(2)8-10-17/h4-10,13-14H,3,11-12,15H2,1-2H3. The number of rotatable bonds is 8. The van der Waals surface area contributed by atoms with E-state index < -0.39 is 0 Å². The highest BCUT2D eigenvalue weighted by molar-refractivity contribution is 6.34. The first-order chi connectivity index (χ1) is 14.0. The molecule has 0 aliphatic heterocycles. The summed E-state index contributed by atoms with van der Waals surface area (Å²) in [5.74, 6) is 1.36. The molecule has 0 aliphatic carbocycles. The highest BCUT2D eigenvalue weighted by atomic mass is 35.5. The van der Waals surface area contributed by atoms with Crippen molar-refractivity contribution in [2.45, 2.75) is 33.4 Å². The van der Waals surface area contributed by atoms with Crippen molar-refractivity contribution in [3.63, 3.8) is 0 Å². The summed E-state index contributed by atoms with van der Waals surface area (Å²) in [6.45, 7) is 5.15. The van der Waals surface area contributed by atoms with Crippen LogP contribution in [-0.2, 0) is 19.6 Å². The van der Waals surface area contributed by atoms with Gasteiger partial charge in [-0.05, 0) is 44.0 Å². The molecule has 2 aromatic carbocycles. The largest absolute Gasteiger partial charge is 0.494 e. The van der Waals surface area contributed by atoms with Gasteiger partial charge in [0.25, 0.3) is 5.56 Å². The Balaban J connectivity index is 1.82. The Morgan fingerprint density at radius 3 is 2.31 bits per heavy atom. The predicted octanol–water partition coefficient (Wildman–Crippen LogP) is 5.68. The van der Waals surface area contributed by atoms with Crippen LogP contribution < -0.4 is 15.0 Å². The maximum atomic E-state index is 12.7. The molecule has 0 amide bonds. The summed E-state index contributed by atoms with van der Waals surface area (Å²) in [4.78, 5) is 12.7. The molecule has 0 radical (unpaired) electrons. The van der Waals surface area contributed by atoms with Crippen molar-refractivity contribution in [2.75, 3.05) is 6.61 Å². The number of hydrogen-bond acceptors (Lipinski definition) is 3. The molecule has 29 heavy (non-hydrogen) atoms. The van der Waals surface area contributed by atoms with E-state index >= 15 is 0 Å². The molecule has 0 saturated carbocycles. The van der Waals surface area contributed by atoms with Crippen molar-refractivity contribution in [3.8, 4) is 11.5 Å². The molecule has 3 aromatic rings. The lowest BCUT2D eigenvalue weighted by Crippen LogP contribution is -2.26. The SMILES string of the molecule is CCOc1cccc(OCc2c(Cl)cc(Cl)c(=O)n2CCc2ccc(C)cc2)c1. The molecule has 0 atom stereocenters. The molecule has 0 saturated heterocycles. The molecule has 1 heterocycles. The van der Waals surface area contributed by atoms with Gasteiger partial charge in [-0.15, -0.1) is 0 Å². The molecule has 0 bridgehead atoms. The lowest BCUT2D eigenvalue weighted by Gasteiger charge is -2.16. The average molecular weight is 432 g/mol. The van der Waals surface area contributed by atoms with E-state index in [-0.39, 0.29) is 17.2 Å². The summed E-state index contributed by atoms with van der Waals surface area (Å²) in [5, 5.41) is 0.500. The van der Waals surface area contributed by atoms with Gasteiger partial charge < -0.3 is 14.0 Å². The predicted molar refractivity (Wildman–Crippen MR) is 118 cm³/mol. The monoisotopic (exact) mass is 431 g/mol. The summed E-state index contributed by atoms with van der Waals surface area (Å²) in [7, 11) is 0. The fraction of sp³-hybridized carbons (Fsp3) is 0.261. The Morgan fingerprint density at radius 1 is 0.931 bits per heavy atom. The molecule has 6 heteroatoms. The highest BCUT2D eigenvalue weighted by Gasteiger charge is 2.14. The number of hydrogen-bond donors (Lipinski definition) is 0. The zero-order valence-corrected chi connectivity index (χ0v) is 18.0. The van der Waals surface area contributed by atoms with Crippen molar-refractivity contribution in [3.05, 3.63) is 91.8 Å². The van der Waals surface area contributed by atoms with Gasteiger partial charge in [0.15, 0.2) is 0 Å². The van der Waals surface area contributed by atoms with Crippen molar-refractivity contribution >= 4 is 23.2 Å². The van der Waals surface area contributed by atoms with Crippen LogP contribution in [0.2, 0.25) is 10.0 Å². The van der Waals surface area contributed by atoms with Crippen LogP contribution in [0.15, 0.2) is 59.4 Å². The van der Waals surface area contributed by atoms with Gasteiger partial charge >= 0.3 is 0 Å². The van der Waals surface area contributed by atoms with Gasteiger partial charge in [-0.3, -0.25) is 4.79 Å². The Labute approximate surface area is 180 Å². The third-order valence-electron chi connectivity index (χ3n) is 4.54. The molecule has 3 rings (SSSR count). The van der Waals surface area contributed by atoms with E-state index in [0.29, 0.717) is 36.0 Å². The van der Waals surface area contributed by atoms with E-state index in [1.807, 2.05) is 38.1 Å². The third kappa shape index (κ3) is 5.55. The average Bonchev–Trinajstić information content (AvgIpc) is 2.70. The van der Waals surface area contributed by atoms with Gasteiger partial charge in [0.05, 0.1) is 17.3 Å². The number of benzene rings is 2. The lowest BCUT2D eigenvalue weighted by atomic mass is 10.1. The van der Waals surface area contributed by atoms with Crippen LogP contribution in [0.4, 0.5) is 0 Å². The Kier molecular flexibility index (Phi) is 7.24. The number of aromatic nitrogens is 1. The lowest BCUT2D eigenvalue weighted by molar-refractivity contribution is 0.288. The Morgan fingerprint density at radius 2 is 1.62 bits per heavy atom. The fourth-order valence-electron chi connectivity index (χ4n) is 2.99. The number of aryl methyl sites for hydroxylation is 2. The second-order valence-electron chi connectivity index (χ2n) is 6.68. The number of halogens is 2. The maximum Gasteiger partial charge on any atom is 0.269 e. The fourth-order valence-corrected chi connectivity index (χ4v) is 3.52. The first-order valence-electron chi connectivity index (χ1n) is 9.47. The van der Waals surface area contributed by atoms with Crippen molar-refractivity contribution in [2.24, 2.45) is 0 Å². The van der Waals surface area contributed by atoms with E-state index in [1.54, 1.807) is 4.57 Å². The smallest absolute Gasteiger partial charge is 0.269 e. The zero-order valence-electron chi connectivity index (χ0n) is 16.5. The molecule has 0 aliphatic rings. The van der Waals surface area contributed by atoms with Crippen LogP contribution in [0.5, 0.6) is 11.5 Å². The number of nitrogens with zero attached hydrogens (tertiary/aromatic N) is 1. The summed E-state index contributed by atoms with van der Waals surface area (Å²) in [5.41, 5.74) is 2.65. The van der Waals surface area contributed by atoms with E-state index in [4.69, 9.17) is 32.7 Å². The maximum absolute atomic E-state index is 12.7. The van der Waals surface area contributed by atoms with Crippen molar-refractivity contribution in [1.29, 1.82) is 0 Å². The molecule has 1 aromatic heterocycles. The van der Waals surface area contributed by atoms with Gasteiger partial charge in [-0.1, -0.05) is 59.1 Å². The van der Waals surface area contributed by atoms with E-state index in [1.165, 1.54) is 11.6 Å². The van der Waals surface area contributed by atoms with E-state index in [2.05, 4.69) is 24.3 Å². The molecule has 4 nitrogen and oxygen atoms in total. The molecule has 0 N–H and O–H groups in total. The summed E-state index contributed by atoms with van der Waals surface area (Å²) in [6.07, 6.45) is 0.684. The van der Waals surface area contributed by atoms with E-state index in [9.17, 15) is 4.79 Å². The second-order valence-corrected chi connectivity index (χ2v) is 7.49. The third-order valence-corrected chi connectivity index (χ3v) is 5.14. The van der Waals surface area contributed by atoms with Crippen molar-refractivity contribution in [1.82, 2.24) is 4.57 Å². The highest BCUT2D eigenvalue weighted by Crippen LogP contribution is 2.23. The van der Waals surface area contributed by atoms with Gasteiger partial charge in [0, 0.05) is 12.6 Å². The molecule has 0 unspecified atom stereocenters. The van der Waals surface area contributed by atoms with Crippen LogP contribution in [0.25, 0.3) is 0 Å². The Bertz CT molecular complexity index is 1030. The molecule has 0 spiro atoms. The van der Waals surface area contributed by atoms with Crippen molar-refractivity contribution < 1.29 is 9.47 Å². The summed E-state index contributed by atoms with van der Waals surface area (Å²) >= 11 is 12.5. The first kappa shape index (κ1) is 21.3. The molecule has 152 valence electrons. The number of pyridine rings is 1. The molecule has 0 fully saturated rings. The summed E-state index contributed by atoms with van der Waals surface area (Å²) < 4.78 is 13.0. The minimum Gasteiger partial charge on any atom is -0.494 e. The normalized spacial score (nSPS) is 10.8. The van der Waals surface area contributed by atoms with Crippen LogP contribution in [0.3, 0.4) is 0 Å². The van der Waals surface area contributed by atoms with Crippen LogP contribution >= 0.6 is 23.2 Å². The van der Waals surface area contributed by atoms with Crippen LogP contribution in [-0.4, -0.2) is 11.2 Å². The van der Waals surface area contributed by atoms with Crippen LogP contribution in [0.1, 0.15) is 23.7 Å². The van der Waals surface area contributed by atoms with Gasteiger partial charge in [-0.25, -0.2) is 0 Å². The number of ether oxygens (including phenoxy) is 2. The quantitative estimate of drug-likeness (QED) is 0.460. The second kappa shape index (κ2) is 9.86. The molecular weight excluding hydrogens is 409 g/mol. The minimum absolute atomic E-state index is 0.0981. The van der Waals surface area contributed by atoms with Crippen LogP contribution in [0, 0.1) is 6.92 Å². The zero-order chi connectivity index (χ0) is 20.8.